The van der Waals surface area contributed by atoms with Crippen LogP contribution in [-0.2, 0) is 12.4 Å². The lowest BCUT2D eigenvalue weighted by molar-refractivity contribution is -0.145. The molecule has 0 amide bonds. The van der Waals surface area contributed by atoms with Crippen LogP contribution in [0.25, 0.3) is 0 Å². The van der Waals surface area contributed by atoms with Gasteiger partial charge in [-0.15, -0.1) is 0 Å². The van der Waals surface area contributed by atoms with Crippen molar-refractivity contribution >= 4 is 22.6 Å². The molecule has 0 saturated carbocycles. The molecular formula is C7H2F6IN. The number of halogens is 7. The van der Waals surface area contributed by atoms with Gasteiger partial charge in [0.25, 0.3) is 0 Å². The van der Waals surface area contributed by atoms with Gasteiger partial charge in [-0.2, -0.15) is 26.3 Å². The number of alkyl halides is 6. The summed E-state index contributed by atoms with van der Waals surface area (Å²) in [7, 11) is 0. The van der Waals surface area contributed by atoms with Gasteiger partial charge in [0.15, 0.2) is 5.69 Å². The molecule has 0 aliphatic carbocycles. The third-order valence-corrected chi connectivity index (χ3v) is 2.26. The van der Waals surface area contributed by atoms with Gasteiger partial charge in [-0.1, -0.05) is 0 Å². The van der Waals surface area contributed by atoms with Gasteiger partial charge in [-0.3, -0.25) is 4.98 Å². The zero-order valence-corrected chi connectivity index (χ0v) is 8.91. The number of pyridine rings is 1. The summed E-state index contributed by atoms with van der Waals surface area (Å²) in [5, 5.41) is 0. The van der Waals surface area contributed by atoms with E-state index in [1.165, 1.54) is 22.6 Å². The Labute approximate surface area is 93.6 Å². The van der Waals surface area contributed by atoms with E-state index in [1.54, 1.807) is 0 Å². The summed E-state index contributed by atoms with van der Waals surface area (Å²) in [6.45, 7) is 0. The van der Waals surface area contributed by atoms with Crippen molar-refractivity contribution in [1.29, 1.82) is 0 Å². The fraction of sp³-hybridized carbons (Fsp3) is 0.286. The highest BCUT2D eigenvalue weighted by Crippen LogP contribution is 2.35. The third-order valence-electron chi connectivity index (χ3n) is 1.44. The Hall–Kier alpha value is -0.540. The second-order valence-corrected chi connectivity index (χ2v) is 3.71. The Morgan fingerprint density at radius 3 is 1.87 bits per heavy atom. The first-order valence-electron chi connectivity index (χ1n) is 3.42. The molecule has 0 atom stereocenters. The average molecular weight is 341 g/mol. The van der Waals surface area contributed by atoms with E-state index in [2.05, 4.69) is 4.98 Å². The Bertz CT molecular complexity index is 369. The van der Waals surface area contributed by atoms with E-state index in [0.717, 1.165) is 0 Å². The maximum atomic E-state index is 12.1. The maximum Gasteiger partial charge on any atom is 0.434 e. The molecule has 1 rings (SSSR count). The first kappa shape index (κ1) is 12.5. The monoisotopic (exact) mass is 341 g/mol. The van der Waals surface area contributed by atoms with Crippen LogP contribution in [0.4, 0.5) is 26.3 Å². The average Bonchev–Trinajstić information content (AvgIpc) is 1.99. The van der Waals surface area contributed by atoms with Crippen LogP contribution in [0.15, 0.2) is 12.3 Å². The van der Waals surface area contributed by atoms with Gasteiger partial charge >= 0.3 is 12.4 Å². The highest BCUT2D eigenvalue weighted by Gasteiger charge is 2.37. The van der Waals surface area contributed by atoms with E-state index in [0.29, 0.717) is 6.07 Å². The standard InChI is InChI=1S/C7H2F6IN/c8-6(9,10)3-1-4(14)5(15-2-3)7(11,12)13/h1-2H. The van der Waals surface area contributed by atoms with Crippen molar-refractivity contribution in [3.63, 3.8) is 0 Å². The van der Waals surface area contributed by atoms with Crippen molar-refractivity contribution < 1.29 is 26.3 Å². The SMILES string of the molecule is FC(F)(F)c1cnc(C(F)(F)F)c(I)c1. The Morgan fingerprint density at radius 2 is 1.53 bits per heavy atom. The van der Waals surface area contributed by atoms with Crippen LogP contribution in [0.5, 0.6) is 0 Å². The number of rotatable bonds is 0. The molecule has 0 bridgehead atoms. The first-order valence-corrected chi connectivity index (χ1v) is 4.50. The predicted octanol–water partition coefficient (Wildman–Crippen LogP) is 3.72. The fourth-order valence-electron chi connectivity index (χ4n) is 0.802. The molecule has 0 aromatic carbocycles. The minimum atomic E-state index is -4.74. The predicted molar refractivity (Wildman–Crippen MR) is 47.0 cm³/mol. The van der Waals surface area contributed by atoms with Crippen LogP contribution in [0.3, 0.4) is 0 Å². The number of hydrogen-bond donors (Lipinski definition) is 0. The Morgan fingerprint density at radius 1 is 1.00 bits per heavy atom. The second kappa shape index (κ2) is 3.80. The summed E-state index contributed by atoms with van der Waals surface area (Å²) < 4.78 is 72.0. The topological polar surface area (TPSA) is 12.9 Å². The number of aromatic nitrogens is 1. The molecule has 84 valence electrons. The van der Waals surface area contributed by atoms with Crippen LogP contribution in [0, 0.1) is 3.57 Å². The van der Waals surface area contributed by atoms with E-state index in [-0.39, 0.29) is 6.20 Å². The molecule has 8 heteroatoms. The maximum absolute atomic E-state index is 12.1. The lowest BCUT2D eigenvalue weighted by atomic mass is 10.2. The molecular weight excluding hydrogens is 339 g/mol. The van der Waals surface area contributed by atoms with E-state index in [1.807, 2.05) is 0 Å². The van der Waals surface area contributed by atoms with Gasteiger partial charge in [0, 0.05) is 9.77 Å². The van der Waals surface area contributed by atoms with E-state index in [4.69, 9.17) is 0 Å². The Kier molecular flexibility index (Phi) is 3.17. The van der Waals surface area contributed by atoms with E-state index < -0.39 is 27.2 Å². The van der Waals surface area contributed by atoms with Gasteiger partial charge in [-0.05, 0) is 28.7 Å². The van der Waals surface area contributed by atoms with Crippen LogP contribution >= 0.6 is 22.6 Å². The summed E-state index contributed by atoms with van der Waals surface area (Å²) >= 11 is 1.17. The fourth-order valence-corrected chi connectivity index (χ4v) is 1.58. The van der Waals surface area contributed by atoms with Crippen molar-refractivity contribution in [2.24, 2.45) is 0 Å². The molecule has 0 aliphatic heterocycles. The molecule has 0 unspecified atom stereocenters. The molecule has 1 aromatic heterocycles. The summed E-state index contributed by atoms with van der Waals surface area (Å²) in [6, 6.07) is 0.413. The summed E-state index contributed by atoms with van der Waals surface area (Å²) in [5.41, 5.74) is -2.50. The van der Waals surface area contributed by atoms with Gasteiger partial charge in [-0.25, -0.2) is 0 Å². The van der Waals surface area contributed by atoms with Crippen molar-refractivity contribution in [3.8, 4) is 0 Å². The molecule has 0 aliphatic rings. The van der Waals surface area contributed by atoms with Crippen LogP contribution in [-0.4, -0.2) is 4.98 Å². The van der Waals surface area contributed by atoms with Crippen LogP contribution in [0.1, 0.15) is 11.3 Å². The molecule has 0 fully saturated rings. The quantitative estimate of drug-likeness (QED) is 0.518. The van der Waals surface area contributed by atoms with Crippen molar-refractivity contribution in [2.45, 2.75) is 12.4 Å². The molecule has 1 nitrogen and oxygen atoms in total. The lowest BCUT2D eigenvalue weighted by Gasteiger charge is -2.11. The molecule has 15 heavy (non-hydrogen) atoms. The molecule has 0 saturated heterocycles. The summed E-state index contributed by atoms with van der Waals surface area (Å²) in [4.78, 5) is 2.76. The van der Waals surface area contributed by atoms with Crippen molar-refractivity contribution in [1.82, 2.24) is 4.98 Å². The van der Waals surface area contributed by atoms with Gasteiger partial charge in [0.05, 0.1) is 5.56 Å². The smallest absolute Gasteiger partial charge is 0.250 e. The Balaban J connectivity index is 3.21. The van der Waals surface area contributed by atoms with Gasteiger partial charge in [0.1, 0.15) is 0 Å². The minimum Gasteiger partial charge on any atom is -0.250 e. The largest absolute Gasteiger partial charge is 0.434 e. The van der Waals surface area contributed by atoms with Crippen LogP contribution in [0.2, 0.25) is 0 Å². The van der Waals surface area contributed by atoms with Gasteiger partial charge < -0.3 is 0 Å². The normalized spacial score (nSPS) is 13.0. The molecule has 0 radical (unpaired) electrons. The lowest BCUT2D eigenvalue weighted by Crippen LogP contribution is -2.13. The zero-order valence-electron chi connectivity index (χ0n) is 6.75. The van der Waals surface area contributed by atoms with Crippen LogP contribution < -0.4 is 0 Å². The van der Waals surface area contributed by atoms with E-state index in [9.17, 15) is 26.3 Å². The third kappa shape index (κ3) is 2.95. The molecule has 1 aromatic rings. The zero-order chi connectivity index (χ0) is 11.9. The molecule has 1 heterocycles. The summed E-state index contributed by atoms with van der Waals surface area (Å²) in [6.07, 6.45) is -9.25. The van der Waals surface area contributed by atoms with Crippen molar-refractivity contribution in [3.05, 3.63) is 27.1 Å². The summed E-state index contributed by atoms with van der Waals surface area (Å²) in [5.74, 6) is 0. The molecule has 0 spiro atoms. The molecule has 0 N–H and O–H groups in total. The van der Waals surface area contributed by atoms with E-state index >= 15 is 0 Å². The highest BCUT2D eigenvalue weighted by molar-refractivity contribution is 14.1. The second-order valence-electron chi connectivity index (χ2n) is 2.55. The minimum absolute atomic E-state index is 0.172. The van der Waals surface area contributed by atoms with Gasteiger partial charge in [0.2, 0.25) is 0 Å². The van der Waals surface area contributed by atoms with Crippen molar-refractivity contribution in [2.75, 3.05) is 0 Å². The number of hydrogen-bond acceptors (Lipinski definition) is 1. The first-order chi connectivity index (χ1) is 6.62. The highest BCUT2D eigenvalue weighted by atomic mass is 127. The number of nitrogens with zero attached hydrogens (tertiary/aromatic N) is 1.